The Kier molecular flexibility index (Phi) is 2.36. The molecule has 0 spiro atoms. The maximum Gasteiger partial charge on any atom is 0.315 e. The van der Waals surface area contributed by atoms with Crippen molar-refractivity contribution in [2.75, 3.05) is 0 Å². The number of alkyl halides is 1. The van der Waals surface area contributed by atoms with Crippen molar-refractivity contribution >= 4 is 5.97 Å². The highest BCUT2D eigenvalue weighted by Crippen LogP contribution is 2.21. The van der Waals surface area contributed by atoms with Gasteiger partial charge in [-0.3, -0.25) is 4.79 Å². The highest BCUT2D eigenvalue weighted by molar-refractivity contribution is 5.79. The molecule has 0 fully saturated rings. The zero-order valence-electron chi connectivity index (χ0n) is 7.47. The minimum atomic E-state index is -1.06. The van der Waals surface area contributed by atoms with E-state index in [1.807, 2.05) is 0 Å². The maximum absolute atomic E-state index is 12.1. The fourth-order valence-electron chi connectivity index (χ4n) is 0.863. The van der Waals surface area contributed by atoms with Crippen LogP contribution in [-0.4, -0.2) is 21.0 Å². The minimum absolute atomic E-state index is 0.157. The monoisotopic (exact) mass is 186 g/mol. The van der Waals surface area contributed by atoms with Gasteiger partial charge >= 0.3 is 5.97 Å². The van der Waals surface area contributed by atoms with Gasteiger partial charge in [0.05, 0.1) is 5.69 Å². The first-order valence-electron chi connectivity index (χ1n) is 3.82. The lowest BCUT2D eigenvalue weighted by Crippen LogP contribution is -2.28. The molecular formula is C8H11FN2O2. The van der Waals surface area contributed by atoms with Crippen molar-refractivity contribution in [2.24, 2.45) is 0 Å². The van der Waals surface area contributed by atoms with Crippen molar-refractivity contribution in [3.05, 3.63) is 17.7 Å². The lowest BCUT2D eigenvalue weighted by molar-refractivity contribution is -0.142. The molecule has 13 heavy (non-hydrogen) atoms. The molecular weight excluding hydrogens is 175 g/mol. The summed E-state index contributed by atoms with van der Waals surface area (Å²) in [4.78, 5) is 17.1. The normalized spacial score (nSPS) is 11.6. The largest absolute Gasteiger partial charge is 0.481 e. The SMILES string of the molecule is CC(C)(C(=O)O)c1cnc(CF)[nH]1. The van der Waals surface area contributed by atoms with E-state index in [1.165, 1.54) is 20.0 Å². The number of carboxylic acids is 1. The molecule has 0 saturated heterocycles. The van der Waals surface area contributed by atoms with Gasteiger partial charge in [-0.25, -0.2) is 9.37 Å². The van der Waals surface area contributed by atoms with E-state index in [0.29, 0.717) is 5.69 Å². The number of nitrogens with zero attached hydrogens (tertiary/aromatic N) is 1. The van der Waals surface area contributed by atoms with Crippen LogP contribution in [0.4, 0.5) is 4.39 Å². The zero-order valence-corrected chi connectivity index (χ0v) is 7.47. The number of carboxylic acid groups (broad SMARTS) is 1. The van der Waals surface area contributed by atoms with E-state index in [0.717, 1.165) is 0 Å². The Morgan fingerprint density at radius 3 is 2.77 bits per heavy atom. The number of aromatic amines is 1. The van der Waals surface area contributed by atoms with E-state index < -0.39 is 18.1 Å². The van der Waals surface area contributed by atoms with Crippen LogP contribution in [-0.2, 0) is 16.9 Å². The van der Waals surface area contributed by atoms with Gasteiger partial charge in [0.15, 0.2) is 0 Å². The predicted octanol–water partition coefficient (Wildman–Crippen LogP) is 1.24. The molecule has 0 aliphatic heterocycles. The molecule has 2 N–H and O–H groups in total. The van der Waals surface area contributed by atoms with E-state index in [1.54, 1.807) is 0 Å². The number of imidazole rings is 1. The predicted molar refractivity (Wildman–Crippen MR) is 44.1 cm³/mol. The van der Waals surface area contributed by atoms with Crippen molar-refractivity contribution in [1.82, 2.24) is 9.97 Å². The molecule has 0 aromatic carbocycles. The molecule has 1 rings (SSSR count). The number of nitrogens with one attached hydrogen (secondary N) is 1. The molecule has 1 aromatic rings. The lowest BCUT2D eigenvalue weighted by Gasteiger charge is -2.16. The van der Waals surface area contributed by atoms with Gasteiger partial charge in [0.25, 0.3) is 0 Å². The van der Waals surface area contributed by atoms with Gasteiger partial charge in [0.1, 0.15) is 17.9 Å². The first kappa shape index (κ1) is 9.70. The summed E-state index contributed by atoms with van der Waals surface area (Å²) >= 11 is 0. The molecule has 0 aliphatic rings. The van der Waals surface area contributed by atoms with Crippen molar-refractivity contribution < 1.29 is 14.3 Å². The quantitative estimate of drug-likeness (QED) is 0.746. The van der Waals surface area contributed by atoms with Crippen LogP contribution in [0.1, 0.15) is 25.4 Å². The summed E-state index contributed by atoms with van der Waals surface area (Å²) in [5.74, 6) is -0.814. The van der Waals surface area contributed by atoms with Crippen molar-refractivity contribution in [3.8, 4) is 0 Å². The summed E-state index contributed by atoms with van der Waals surface area (Å²) in [6, 6.07) is 0. The molecule has 72 valence electrons. The fourth-order valence-corrected chi connectivity index (χ4v) is 0.863. The molecule has 1 aromatic heterocycles. The molecule has 0 bridgehead atoms. The number of hydrogen-bond donors (Lipinski definition) is 2. The Hall–Kier alpha value is -1.39. The average molecular weight is 186 g/mol. The highest BCUT2D eigenvalue weighted by atomic mass is 19.1. The lowest BCUT2D eigenvalue weighted by atomic mass is 9.90. The molecule has 1 heterocycles. The third-order valence-corrected chi connectivity index (χ3v) is 1.96. The van der Waals surface area contributed by atoms with Gasteiger partial charge in [0.2, 0.25) is 0 Å². The number of aromatic nitrogens is 2. The highest BCUT2D eigenvalue weighted by Gasteiger charge is 2.31. The minimum Gasteiger partial charge on any atom is -0.481 e. The Morgan fingerprint density at radius 1 is 1.77 bits per heavy atom. The van der Waals surface area contributed by atoms with Gasteiger partial charge < -0.3 is 10.1 Å². The van der Waals surface area contributed by atoms with Gasteiger partial charge in [-0.05, 0) is 13.8 Å². The van der Waals surface area contributed by atoms with Crippen LogP contribution in [0.3, 0.4) is 0 Å². The van der Waals surface area contributed by atoms with Crippen LogP contribution in [0, 0.1) is 0 Å². The number of halogens is 1. The molecule has 0 atom stereocenters. The molecule has 4 nitrogen and oxygen atoms in total. The number of H-pyrrole nitrogens is 1. The number of carbonyl (C=O) groups is 1. The van der Waals surface area contributed by atoms with Gasteiger partial charge in [-0.2, -0.15) is 0 Å². The van der Waals surface area contributed by atoms with Gasteiger partial charge in [-0.1, -0.05) is 0 Å². The van der Waals surface area contributed by atoms with Crippen molar-refractivity contribution in [3.63, 3.8) is 0 Å². The second kappa shape index (κ2) is 3.16. The van der Waals surface area contributed by atoms with E-state index in [4.69, 9.17) is 5.11 Å². The smallest absolute Gasteiger partial charge is 0.315 e. The fraction of sp³-hybridized carbons (Fsp3) is 0.500. The standard InChI is InChI=1S/C8H11FN2O2/c1-8(2,7(12)13)5-4-10-6(3-9)11-5/h4H,3H2,1-2H3,(H,10,11)(H,12,13). The molecule has 0 amide bonds. The van der Waals surface area contributed by atoms with Crippen LogP contribution in [0.5, 0.6) is 0 Å². The summed E-state index contributed by atoms with van der Waals surface area (Å²) in [6.07, 6.45) is 1.35. The average Bonchev–Trinajstić information content (AvgIpc) is 2.51. The Balaban J connectivity index is 3.00. The number of rotatable bonds is 3. The Bertz CT molecular complexity index is 320. The third kappa shape index (κ3) is 1.68. The van der Waals surface area contributed by atoms with Crippen LogP contribution in [0.15, 0.2) is 6.20 Å². The van der Waals surface area contributed by atoms with Crippen LogP contribution >= 0.6 is 0 Å². The van der Waals surface area contributed by atoms with E-state index in [-0.39, 0.29) is 5.82 Å². The van der Waals surface area contributed by atoms with E-state index in [9.17, 15) is 9.18 Å². The first-order valence-corrected chi connectivity index (χ1v) is 3.82. The van der Waals surface area contributed by atoms with Crippen molar-refractivity contribution in [1.29, 1.82) is 0 Å². The maximum atomic E-state index is 12.1. The Morgan fingerprint density at radius 2 is 2.38 bits per heavy atom. The summed E-state index contributed by atoms with van der Waals surface area (Å²) in [5.41, 5.74) is -0.645. The molecule has 0 saturated carbocycles. The molecule has 5 heteroatoms. The van der Waals surface area contributed by atoms with Gasteiger partial charge in [-0.15, -0.1) is 0 Å². The van der Waals surface area contributed by atoms with E-state index >= 15 is 0 Å². The van der Waals surface area contributed by atoms with Crippen LogP contribution in [0.2, 0.25) is 0 Å². The van der Waals surface area contributed by atoms with E-state index in [2.05, 4.69) is 9.97 Å². The summed E-state index contributed by atoms with van der Waals surface area (Å²) in [7, 11) is 0. The molecule has 0 unspecified atom stereocenters. The Labute approximate surface area is 74.8 Å². The van der Waals surface area contributed by atoms with Crippen LogP contribution < -0.4 is 0 Å². The second-order valence-corrected chi connectivity index (χ2v) is 3.31. The summed E-state index contributed by atoms with van der Waals surface area (Å²) in [5, 5.41) is 8.84. The number of hydrogen-bond acceptors (Lipinski definition) is 2. The summed E-state index contributed by atoms with van der Waals surface area (Å²) in [6.45, 7) is 2.35. The molecule has 0 radical (unpaired) electrons. The number of aliphatic carboxylic acids is 1. The molecule has 0 aliphatic carbocycles. The van der Waals surface area contributed by atoms with Crippen molar-refractivity contribution in [2.45, 2.75) is 25.9 Å². The summed E-state index contributed by atoms with van der Waals surface area (Å²) < 4.78 is 12.1. The third-order valence-electron chi connectivity index (χ3n) is 1.96. The zero-order chi connectivity index (χ0) is 10.1. The first-order chi connectivity index (χ1) is 5.98. The topological polar surface area (TPSA) is 66.0 Å². The van der Waals surface area contributed by atoms with Gasteiger partial charge in [0, 0.05) is 6.20 Å². The van der Waals surface area contributed by atoms with Crippen LogP contribution in [0.25, 0.3) is 0 Å². The second-order valence-electron chi connectivity index (χ2n) is 3.31.